The first kappa shape index (κ1) is 11.1. The van der Waals surface area contributed by atoms with E-state index in [0.29, 0.717) is 23.8 Å². The second kappa shape index (κ2) is 4.65. The second-order valence-corrected chi connectivity index (χ2v) is 3.48. The topological polar surface area (TPSA) is 94.0 Å². The number of aromatic nitrogens is 2. The first-order chi connectivity index (χ1) is 8.16. The van der Waals surface area contributed by atoms with Crippen LogP contribution in [0.15, 0.2) is 28.9 Å². The molecule has 0 aliphatic carbocycles. The van der Waals surface area contributed by atoms with Crippen LogP contribution < -0.4 is 11.1 Å². The number of nitrogens with two attached hydrogens (primary N) is 1. The number of hydrogen-bond donors (Lipinski definition) is 2. The molecule has 1 amide bonds. The Balaban J connectivity index is 2.11. The number of primary amides is 1. The van der Waals surface area contributed by atoms with Gasteiger partial charge in [-0.05, 0) is 19.1 Å². The molecule has 0 aromatic carbocycles. The Morgan fingerprint density at radius 1 is 1.53 bits per heavy atom. The summed E-state index contributed by atoms with van der Waals surface area (Å²) in [7, 11) is 0. The number of oxazole rings is 1. The van der Waals surface area contributed by atoms with Gasteiger partial charge in [-0.1, -0.05) is 0 Å². The number of amides is 1. The van der Waals surface area contributed by atoms with Crippen LogP contribution in [0.3, 0.4) is 0 Å². The fourth-order valence-electron chi connectivity index (χ4n) is 1.39. The SMILES string of the molecule is Cc1cnc(CNc2ncccc2C(N)=O)o1. The van der Waals surface area contributed by atoms with Crippen molar-refractivity contribution in [2.45, 2.75) is 13.5 Å². The summed E-state index contributed by atoms with van der Waals surface area (Å²) in [6.45, 7) is 2.16. The predicted molar refractivity (Wildman–Crippen MR) is 61.3 cm³/mol. The van der Waals surface area contributed by atoms with Crippen molar-refractivity contribution in [3.05, 3.63) is 41.7 Å². The van der Waals surface area contributed by atoms with Crippen LogP contribution in [-0.2, 0) is 6.54 Å². The fraction of sp³-hybridized carbons (Fsp3) is 0.182. The molecule has 6 heteroatoms. The lowest BCUT2D eigenvalue weighted by atomic mass is 10.2. The van der Waals surface area contributed by atoms with E-state index in [4.69, 9.17) is 10.2 Å². The van der Waals surface area contributed by atoms with E-state index in [-0.39, 0.29) is 0 Å². The molecular formula is C11H12N4O2. The van der Waals surface area contributed by atoms with Crippen LogP contribution in [0.25, 0.3) is 0 Å². The number of anilines is 1. The normalized spacial score (nSPS) is 10.2. The van der Waals surface area contributed by atoms with Gasteiger partial charge in [0.1, 0.15) is 11.6 Å². The van der Waals surface area contributed by atoms with E-state index in [2.05, 4.69) is 15.3 Å². The highest BCUT2D eigenvalue weighted by molar-refractivity contribution is 5.97. The minimum atomic E-state index is -0.524. The number of nitrogens with zero attached hydrogens (tertiary/aromatic N) is 2. The van der Waals surface area contributed by atoms with E-state index >= 15 is 0 Å². The van der Waals surface area contributed by atoms with Crippen molar-refractivity contribution in [2.24, 2.45) is 5.73 Å². The van der Waals surface area contributed by atoms with Crippen LogP contribution in [0.4, 0.5) is 5.82 Å². The molecule has 6 nitrogen and oxygen atoms in total. The van der Waals surface area contributed by atoms with E-state index in [1.54, 1.807) is 24.5 Å². The van der Waals surface area contributed by atoms with Crippen LogP contribution in [-0.4, -0.2) is 15.9 Å². The van der Waals surface area contributed by atoms with Crippen molar-refractivity contribution in [3.63, 3.8) is 0 Å². The van der Waals surface area contributed by atoms with Crippen molar-refractivity contribution < 1.29 is 9.21 Å². The van der Waals surface area contributed by atoms with Gasteiger partial charge in [-0.15, -0.1) is 0 Å². The molecule has 0 atom stereocenters. The summed E-state index contributed by atoms with van der Waals surface area (Å²) in [4.78, 5) is 19.2. The van der Waals surface area contributed by atoms with E-state index in [1.807, 2.05) is 6.92 Å². The third kappa shape index (κ3) is 2.60. The highest BCUT2D eigenvalue weighted by Gasteiger charge is 2.09. The largest absolute Gasteiger partial charge is 0.444 e. The second-order valence-electron chi connectivity index (χ2n) is 3.48. The Kier molecular flexibility index (Phi) is 3.04. The molecule has 2 aromatic rings. The number of rotatable bonds is 4. The molecule has 2 heterocycles. The lowest BCUT2D eigenvalue weighted by Gasteiger charge is -2.06. The molecule has 0 aliphatic heterocycles. The van der Waals surface area contributed by atoms with Gasteiger partial charge in [0, 0.05) is 6.20 Å². The Hall–Kier alpha value is -2.37. The van der Waals surface area contributed by atoms with Gasteiger partial charge in [-0.25, -0.2) is 9.97 Å². The molecule has 2 rings (SSSR count). The smallest absolute Gasteiger partial charge is 0.252 e. The van der Waals surface area contributed by atoms with Crippen LogP contribution in [0, 0.1) is 6.92 Å². The zero-order chi connectivity index (χ0) is 12.3. The summed E-state index contributed by atoms with van der Waals surface area (Å²) in [5, 5.41) is 2.96. The monoisotopic (exact) mass is 232 g/mol. The molecule has 0 unspecified atom stereocenters. The summed E-state index contributed by atoms with van der Waals surface area (Å²) < 4.78 is 5.29. The van der Waals surface area contributed by atoms with Gasteiger partial charge in [0.25, 0.3) is 5.91 Å². The minimum absolute atomic E-state index is 0.343. The molecular weight excluding hydrogens is 220 g/mol. The Labute approximate surface area is 97.9 Å². The van der Waals surface area contributed by atoms with Crippen molar-refractivity contribution >= 4 is 11.7 Å². The van der Waals surface area contributed by atoms with E-state index in [9.17, 15) is 4.79 Å². The molecule has 2 aromatic heterocycles. The van der Waals surface area contributed by atoms with Crippen LogP contribution >= 0.6 is 0 Å². The van der Waals surface area contributed by atoms with Crippen LogP contribution in [0.5, 0.6) is 0 Å². The number of nitrogens with one attached hydrogen (secondary N) is 1. The predicted octanol–water partition coefficient (Wildman–Crippen LogP) is 1.09. The molecule has 0 fully saturated rings. The number of hydrogen-bond acceptors (Lipinski definition) is 5. The molecule has 3 N–H and O–H groups in total. The maximum absolute atomic E-state index is 11.1. The highest BCUT2D eigenvalue weighted by atomic mass is 16.4. The van der Waals surface area contributed by atoms with Gasteiger partial charge in [-0.2, -0.15) is 0 Å². The Morgan fingerprint density at radius 3 is 3.00 bits per heavy atom. The highest BCUT2D eigenvalue weighted by Crippen LogP contribution is 2.12. The molecule has 88 valence electrons. The molecule has 0 saturated heterocycles. The van der Waals surface area contributed by atoms with Gasteiger partial charge in [0.15, 0.2) is 0 Å². The zero-order valence-electron chi connectivity index (χ0n) is 9.30. The lowest BCUT2D eigenvalue weighted by Crippen LogP contribution is -2.15. The fourth-order valence-corrected chi connectivity index (χ4v) is 1.39. The molecule has 17 heavy (non-hydrogen) atoms. The van der Waals surface area contributed by atoms with Gasteiger partial charge in [-0.3, -0.25) is 4.79 Å². The summed E-state index contributed by atoms with van der Waals surface area (Å²) in [5.74, 6) is 1.17. The van der Waals surface area contributed by atoms with Crippen molar-refractivity contribution in [2.75, 3.05) is 5.32 Å². The summed E-state index contributed by atoms with van der Waals surface area (Å²) in [6.07, 6.45) is 3.21. The summed E-state index contributed by atoms with van der Waals surface area (Å²) in [5.41, 5.74) is 5.57. The molecule has 0 bridgehead atoms. The first-order valence-corrected chi connectivity index (χ1v) is 5.07. The summed E-state index contributed by atoms with van der Waals surface area (Å²) in [6, 6.07) is 3.26. The van der Waals surface area contributed by atoms with E-state index in [1.165, 1.54) is 0 Å². The zero-order valence-corrected chi connectivity index (χ0v) is 9.30. The number of aryl methyl sites for hydroxylation is 1. The van der Waals surface area contributed by atoms with Gasteiger partial charge < -0.3 is 15.5 Å². The minimum Gasteiger partial charge on any atom is -0.444 e. The van der Waals surface area contributed by atoms with Gasteiger partial charge >= 0.3 is 0 Å². The van der Waals surface area contributed by atoms with Crippen molar-refractivity contribution in [3.8, 4) is 0 Å². The molecule has 0 spiro atoms. The average Bonchev–Trinajstić information content (AvgIpc) is 2.73. The maximum Gasteiger partial charge on any atom is 0.252 e. The molecule has 0 saturated carbocycles. The average molecular weight is 232 g/mol. The van der Waals surface area contributed by atoms with E-state index in [0.717, 1.165) is 5.76 Å². The lowest BCUT2D eigenvalue weighted by molar-refractivity contribution is 0.100. The van der Waals surface area contributed by atoms with Crippen LogP contribution in [0.1, 0.15) is 22.0 Å². The Bertz CT molecular complexity index is 536. The molecule has 0 aliphatic rings. The third-order valence-corrected chi connectivity index (χ3v) is 2.15. The standard InChI is InChI=1S/C11H12N4O2/c1-7-5-14-9(17-7)6-15-11-8(10(12)16)3-2-4-13-11/h2-5H,6H2,1H3,(H2,12,16)(H,13,15). The number of pyridine rings is 1. The number of carbonyl (C=O) groups excluding carboxylic acids is 1. The van der Waals surface area contributed by atoms with Crippen molar-refractivity contribution in [1.29, 1.82) is 0 Å². The van der Waals surface area contributed by atoms with Gasteiger partial charge in [0.05, 0.1) is 18.3 Å². The van der Waals surface area contributed by atoms with E-state index < -0.39 is 5.91 Å². The first-order valence-electron chi connectivity index (χ1n) is 5.07. The third-order valence-electron chi connectivity index (χ3n) is 2.15. The van der Waals surface area contributed by atoms with Crippen LogP contribution in [0.2, 0.25) is 0 Å². The van der Waals surface area contributed by atoms with Crippen molar-refractivity contribution in [1.82, 2.24) is 9.97 Å². The quantitative estimate of drug-likeness (QED) is 0.822. The maximum atomic E-state index is 11.1. The Morgan fingerprint density at radius 2 is 2.35 bits per heavy atom. The molecule has 0 radical (unpaired) electrons. The summed E-state index contributed by atoms with van der Waals surface area (Å²) >= 11 is 0. The number of carbonyl (C=O) groups is 1. The van der Waals surface area contributed by atoms with Gasteiger partial charge in [0.2, 0.25) is 5.89 Å².